The smallest absolute Gasteiger partial charge is 0.228 e. The maximum Gasteiger partial charge on any atom is 0.228 e. The Hall–Kier alpha value is -4.82. The number of rotatable bonds is 8. The summed E-state index contributed by atoms with van der Waals surface area (Å²) in [6.07, 6.45) is 5.87. The van der Waals surface area contributed by atoms with Gasteiger partial charge in [-0.25, -0.2) is 4.98 Å². The molecule has 41 heavy (non-hydrogen) atoms. The maximum absolute atomic E-state index is 12.6. The van der Waals surface area contributed by atoms with Crippen LogP contribution in [0.1, 0.15) is 11.1 Å². The number of nitrogens with zero attached hydrogens (tertiary/aromatic N) is 5. The van der Waals surface area contributed by atoms with Gasteiger partial charge in [0.05, 0.1) is 30.8 Å². The summed E-state index contributed by atoms with van der Waals surface area (Å²) < 4.78 is 5.36. The Morgan fingerprint density at radius 2 is 1.68 bits per heavy atom. The zero-order valence-electron chi connectivity index (χ0n) is 23.0. The van der Waals surface area contributed by atoms with E-state index in [-0.39, 0.29) is 12.3 Å². The minimum absolute atomic E-state index is 0.0892. The fraction of sp³-hybridized carbons (Fsp3) is 0.212. The van der Waals surface area contributed by atoms with Crippen molar-refractivity contribution < 1.29 is 9.53 Å². The normalized spacial score (nSPS) is 13.7. The number of nitrogens with one attached hydrogen (secondary N) is 1. The number of carbonyl (C=O) groups excluding carboxylic acids is 1. The highest BCUT2D eigenvalue weighted by Crippen LogP contribution is 2.26. The highest BCUT2D eigenvalue weighted by Gasteiger charge is 2.19. The Bertz CT molecular complexity index is 1630. The predicted molar refractivity (Wildman–Crippen MR) is 162 cm³/mol. The average molecular weight is 545 g/mol. The second-order valence-corrected chi connectivity index (χ2v) is 10.2. The summed E-state index contributed by atoms with van der Waals surface area (Å²) in [4.78, 5) is 31.3. The molecule has 0 atom stereocenters. The first-order chi connectivity index (χ1) is 20.1. The Kier molecular flexibility index (Phi) is 7.82. The number of anilines is 2. The van der Waals surface area contributed by atoms with Gasteiger partial charge in [-0.05, 0) is 53.1 Å². The van der Waals surface area contributed by atoms with E-state index in [4.69, 9.17) is 9.72 Å². The van der Waals surface area contributed by atoms with E-state index < -0.39 is 0 Å². The molecule has 3 heterocycles. The third kappa shape index (κ3) is 6.34. The number of methoxy groups -OCH3 is 1. The Morgan fingerprint density at radius 3 is 2.46 bits per heavy atom. The number of amides is 1. The third-order valence-corrected chi connectivity index (χ3v) is 7.40. The van der Waals surface area contributed by atoms with Gasteiger partial charge in [0.25, 0.3) is 0 Å². The van der Waals surface area contributed by atoms with Gasteiger partial charge < -0.3 is 15.0 Å². The Balaban J connectivity index is 1.10. The van der Waals surface area contributed by atoms with Crippen LogP contribution in [0.15, 0.2) is 97.5 Å². The van der Waals surface area contributed by atoms with Crippen molar-refractivity contribution in [1.82, 2.24) is 19.9 Å². The SMILES string of the molecule is COc1ccccc1CC(=O)Nc1ccc(-c2ccc3ncc(N4CCN(Cc5cccnc5)CC4)nc3c2)cc1. The van der Waals surface area contributed by atoms with Crippen LogP contribution in [-0.4, -0.2) is 59.0 Å². The molecule has 1 aliphatic heterocycles. The van der Waals surface area contributed by atoms with Gasteiger partial charge in [-0.1, -0.05) is 42.5 Å². The van der Waals surface area contributed by atoms with Crippen molar-refractivity contribution in [3.63, 3.8) is 0 Å². The molecule has 1 fully saturated rings. The molecule has 2 aromatic heterocycles. The number of ether oxygens (including phenoxy) is 1. The van der Waals surface area contributed by atoms with Gasteiger partial charge in [0.1, 0.15) is 11.6 Å². The molecule has 0 spiro atoms. The molecule has 8 nitrogen and oxygen atoms in total. The van der Waals surface area contributed by atoms with Gasteiger partial charge in [0, 0.05) is 56.4 Å². The number of hydrogen-bond acceptors (Lipinski definition) is 7. The van der Waals surface area contributed by atoms with Crippen LogP contribution in [0.25, 0.3) is 22.2 Å². The second-order valence-electron chi connectivity index (χ2n) is 10.2. The van der Waals surface area contributed by atoms with E-state index in [1.165, 1.54) is 5.56 Å². The monoisotopic (exact) mass is 544 g/mol. The summed E-state index contributed by atoms with van der Waals surface area (Å²) in [5.74, 6) is 1.53. The summed E-state index contributed by atoms with van der Waals surface area (Å²) in [5.41, 5.74) is 6.68. The largest absolute Gasteiger partial charge is 0.496 e. The Labute approximate surface area is 239 Å². The summed E-state index contributed by atoms with van der Waals surface area (Å²) in [6, 6.07) is 25.7. The summed E-state index contributed by atoms with van der Waals surface area (Å²) >= 11 is 0. The number of para-hydroxylation sites is 1. The van der Waals surface area contributed by atoms with Gasteiger partial charge in [-0.3, -0.25) is 19.7 Å². The van der Waals surface area contributed by atoms with Crippen molar-refractivity contribution in [2.24, 2.45) is 0 Å². The minimum atomic E-state index is -0.0892. The molecule has 8 heteroatoms. The number of piperazine rings is 1. The number of pyridine rings is 1. The fourth-order valence-corrected chi connectivity index (χ4v) is 5.19. The second kappa shape index (κ2) is 12.1. The fourth-order valence-electron chi connectivity index (χ4n) is 5.19. The zero-order valence-corrected chi connectivity index (χ0v) is 23.0. The van der Waals surface area contributed by atoms with Crippen LogP contribution in [0, 0.1) is 0 Å². The topological polar surface area (TPSA) is 83.5 Å². The quantitative estimate of drug-likeness (QED) is 0.287. The molecule has 5 aromatic rings. The lowest BCUT2D eigenvalue weighted by molar-refractivity contribution is -0.115. The molecule has 0 saturated carbocycles. The summed E-state index contributed by atoms with van der Waals surface area (Å²) in [7, 11) is 1.61. The van der Waals surface area contributed by atoms with Crippen LogP contribution in [0.5, 0.6) is 5.75 Å². The first kappa shape index (κ1) is 26.4. The highest BCUT2D eigenvalue weighted by atomic mass is 16.5. The minimum Gasteiger partial charge on any atom is -0.496 e. The van der Waals surface area contributed by atoms with Crippen LogP contribution in [-0.2, 0) is 17.8 Å². The van der Waals surface area contributed by atoms with Crippen LogP contribution < -0.4 is 15.0 Å². The molecule has 206 valence electrons. The number of fused-ring (bicyclic) bond motifs is 1. The molecule has 6 rings (SSSR count). The maximum atomic E-state index is 12.6. The van der Waals surface area contributed by atoms with Gasteiger partial charge >= 0.3 is 0 Å². The predicted octanol–water partition coefficient (Wildman–Crippen LogP) is 5.20. The van der Waals surface area contributed by atoms with E-state index in [9.17, 15) is 4.79 Å². The zero-order chi connectivity index (χ0) is 28.0. The molecular formula is C33H32N6O2. The first-order valence-electron chi connectivity index (χ1n) is 13.8. The van der Waals surface area contributed by atoms with Crippen LogP contribution >= 0.6 is 0 Å². The number of aromatic nitrogens is 3. The van der Waals surface area contributed by atoms with Crippen LogP contribution in [0.4, 0.5) is 11.5 Å². The number of hydrogen-bond donors (Lipinski definition) is 1. The van der Waals surface area contributed by atoms with Crippen molar-refractivity contribution in [3.05, 3.63) is 109 Å². The van der Waals surface area contributed by atoms with E-state index in [2.05, 4.69) is 43.3 Å². The summed E-state index contributed by atoms with van der Waals surface area (Å²) in [5, 5.41) is 2.98. The molecule has 1 N–H and O–H groups in total. The van der Waals surface area contributed by atoms with Crippen molar-refractivity contribution >= 4 is 28.4 Å². The third-order valence-electron chi connectivity index (χ3n) is 7.40. The average Bonchev–Trinajstić information content (AvgIpc) is 3.02. The molecule has 1 saturated heterocycles. The van der Waals surface area contributed by atoms with Crippen molar-refractivity contribution in [1.29, 1.82) is 0 Å². The summed E-state index contributed by atoms with van der Waals surface area (Å²) in [6.45, 7) is 4.67. The van der Waals surface area contributed by atoms with Gasteiger partial charge in [-0.2, -0.15) is 0 Å². The van der Waals surface area contributed by atoms with Crippen LogP contribution in [0.3, 0.4) is 0 Å². The molecule has 0 bridgehead atoms. The molecule has 0 aliphatic carbocycles. The first-order valence-corrected chi connectivity index (χ1v) is 13.8. The van der Waals surface area contributed by atoms with Gasteiger partial charge in [0.15, 0.2) is 0 Å². The van der Waals surface area contributed by atoms with E-state index in [1.54, 1.807) is 7.11 Å². The molecular weight excluding hydrogens is 512 g/mol. The number of benzene rings is 3. The standard InChI is InChI=1S/C33H32N6O2/c1-41-31-7-3-2-6-27(31)20-33(40)36-28-11-8-25(9-12-28)26-10-13-29-30(19-26)37-32(22-35-29)39-17-15-38(16-18-39)23-24-5-4-14-34-21-24/h2-14,19,21-22H,15-18,20,23H2,1H3,(H,36,40). The van der Waals surface area contributed by atoms with Crippen molar-refractivity contribution in [2.45, 2.75) is 13.0 Å². The lowest BCUT2D eigenvalue weighted by Crippen LogP contribution is -2.46. The van der Waals surface area contributed by atoms with E-state index in [0.29, 0.717) is 5.75 Å². The molecule has 0 radical (unpaired) electrons. The van der Waals surface area contributed by atoms with Crippen molar-refractivity contribution in [2.75, 3.05) is 43.5 Å². The lowest BCUT2D eigenvalue weighted by atomic mass is 10.0. The highest BCUT2D eigenvalue weighted by molar-refractivity contribution is 5.93. The number of carbonyl (C=O) groups is 1. The lowest BCUT2D eigenvalue weighted by Gasteiger charge is -2.35. The van der Waals surface area contributed by atoms with E-state index in [0.717, 1.165) is 72.0 Å². The van der Waals surface area contributed by atoms with Crippen LogP contribution in [0.2, 0.25) is 0 Å². The van der Waals surface area contributed by atoms with Gasteiger partial charge in [-0.15, -0.1) is 0 Å². The van der Waals surface area contributed by atoms with Crippen molar-refractivity contribution in [3.8, 4) is 16.9 Å². The molecule has 1 aliphatic rings. The molecule has 1 amide bonds. The molecule has 0 unspecified atom stereocenters. The molecule has 3 aromatic carbocycles. The van der Waals surface area contributed by atoms with E-state index >= 15 is 0 Å². The Morgan fingerprint density at radius 1 is 0.878 bits per heavy atom. The van der Waals surface area contributed by atoms with Gasteiger partial charge in [0.2, 0.25) is 5.91 Å². The van der Waals surface area contributed by atoms with E-state index in [1.807, 2.05) is 79.3 Å².